The topological polar surface area (TPSA) is 57.5 Å². The van der Waals surface area contributed by atoms with E-state index in [4.69, 9.17) is 0 Å². The second-order valence-electron chi connectivity index (χ2n) is 4.87. The maximum absolute atomic E-state index is 9.22. The van der Waals surface area contributed by atoms with Crippen LogP contribution >= 0.6 is 11.3 Å². The number of aromatic nitrogens is 1. The van der Waals surface area contributed by atoms with Crippen LogP contribution in [0, 0.1) is 6.92 Å². The van der Waals surface area contributed by atoms with Gasteiger partial charge in [-0.3, -0.25) is 5.43 Å². The lowest BCUT2D eigenvalue weighted by atomic mass is 10.1. The number of thiazole rings is 1. The molecule has 0 aliphatic heterocycles. The molecule has 1 aromatic heterocycles. The first-order valence-corrected chi connectivity index (χ1v) is 7.69. The number of benzene rings is 2. The molecule has 0 bridgehead atoms. The maximum Gasteiger partial charge on any atom is 0.203 e. The van der Waals surface area contributed by atoms with Gasteiger partial charge in [0, 0.05) is 10.9 Å². The fourth-order valence-corrected chi connectivity index (χ4v) is 2.57. The van der Waals surface area contributed by atoms with E-state index >= 15 is 0 Å². The van der Waals surface area contributed by atoms with Crippen LogP contribution in [-0.4, -0.2) is 16.3 Å². The van der Waals surface area contributed by atoms with Crippen LogP contribution in [0.1, 0.15) is 11.1 Å². The van der Waals surface area contributed by atoms with Crippen LogP contribution in [0.2, 0.25) is 0 Å². The Labute approximate surface area is 132 Å². The predicted octanol–water partition coefficient (Wildman–Crippen LogP) is 4.27. The standard InChI is InChI=1S/C17H15N3OS/c1-12-2-6-14(7-3-12)16-11-22-17(19-16)20-18-10-13-4-8-15(21)9-5-13/h2-11,21H,1H3,(H,19,20). The third kappa shape index (κ3) is 3.51. The number of aromatic hydroxyl groups is 1. The third-order valence-electron chi connectivity index (χ3n) is 3.12. The van der Waals surface area contributed by atoms with Crippen LogP contribution in [0.15, 0.2) is 59.0 Å². The molecule has 5 heteroatoms. The lowest BCUT2D eigenvalue weighted by molar-refractivity contribution is 0.475. The Bertz CT molecular complexity index is 776. The monoisotopic (exact) mass is 309 g/mol. The Balaban J connectivity index is 1.66. The van der Waals surface area contributed by atoms with Crippen LogP contribution in [0.25, 0.3) is 11.3 Å². The van der Waals surface area contributed by atoms with Crippen molar-refractivity contribution in [2.24, 2.45) is 5.10 Å². The molecule has 110 valence electrons. The highest BCUT2D eigenvalue weighted by Gasteiger charge is 2.03. The second kappa shape index (κ2) is 6.41. The number of rotatable bonds is 4. The number of aryl methyl sites for hydroxylation is 1. The number of nitrogens with zero attached hydrogens (tertiary/aromatic N) is 2. The van der Waals surface area contributed by atoms with E-state index in [0.717, 1.165) is 22.0 Å². The maximum atomic E-state index is 9.22. The first-order chi connectivity index (χ1) is 10.7. The Hall–Kier alpha value is -2.66. The molecule has 0 spiro atoms. The number of hydrazone groups is 1. The zero-order valence-electron chi connectivity index (χ0n) is 12.0. The molecular formula is C17H15N3OS. The highest BCUT2D eigenvalue weighted by atomic mass is 32.1. The molecule has 0 aliphatic rings. The molecule has 0 amide bonds. The minimum absolute atomic E-state index is 0.243. The van der Waals surface area contributed by atoms with Crippen molar-refractivity contribution in [3.63, 3.8) is 0 Å². The van der Waals surface area contributed by atoms with Gasteiger partial charge in [-0.05, 0) is 36.8 Å². The van der Waals surface area contributed by atoms with Crippen molar-refractivity contribution in [2.75, 3.05) is 5.43 Å². The Morgan fingerprint density at radius 1 is 1.09 bits per heavy atom. The number of nitrogens with one attached hydrogen (secondary N) is 1. The van der Waals surface area contributed by atoms with Gasteiger partial charge in [0.25, 0.3) is 0 Å². The SMILES string of the molecule is Cc1ccc(-c2csc(NN=Cc3ccc(O)cc3)n2)cc1. The lowest BCUT2D eigenvalue weighted by Crippen LogP contribution is -1.90. The highest BCUT2D eigenvalue weighted by Crippen LogP contribution is 2.25. The first-order valence-electron chi connectivity index (χ1n) is 6.81. The van der Waals surface area contributed by atoms with Gasteiger partial charge in [0.1, 0.15) is 5.75 Å². The minimum Gasteiger partial charge on any atom is -0.508 e. The van der Waals surface area contributed by atoms with E-state index < -0.39 is 0 Å². The molecule has 0 aliphatic carbocycles. The van der Waals surface area contributed by atoms with Crippen molar-refractivity contribution in [1.29, 1.82) is 0 Å². The average Bonchev–Trinajstić information content (AvgIpc) is 2.99. The van der Waals surface area contributed by atoms with Gasteiger partial charge >= 0.3 is 0 Å². The second-order valence-corrected chi connectivity index (χ2v) is 5.72. The summed E-state index contributed by atoms with van der Waals surface area (Å²) in [7, 11) is 0. The van der Waals surface area contributed by atoms with Gasteiger partial charge in [-0.2, -0.15) is 5.10 Å². The van der Waals surface area contributed by atoms with E-state index in [-0.39, 0.29) is 5.75 Å². The summed E-state index contributed by atoms with van der Waals surface area (Å²) in [4.78, 5) is 4.51. The van der Waals surface area contributed by atoms with Gasteiger partial charge in [-0.15, -0.1) is 11.3 Å². The van der Waals surface area contributed by atoms with Crippen molar-refractivity contribution in [2.45, 2.75) is 6.92 Å². The number of phenolic OH excluding ortho intramolecular Hbond substituents is 1. The summed E-state index contributed by atoms with van der Waals surface area (Å²) in [5, 5.41) is 16.1. The van der Waals surface area contributed by atoms with E-state index in [0.29, 0.717) is 0 Å². The summed E-state index contributed by atoms with van der Waals surface area (Å²) in [5.74, 6) is 0.243. The van der Waals surface area contributed by atoms with Crippen molar-refractivity contribution in [3.8, 4) is 17.0 Å². The number of hydrogen-bond acceptors (Lipinski definition) is 5. The summed E-state index contributed by atoms with van der Waals surface area (Å²) in [6.07, 6.45) is 1.69. The van der Waals surface area contributed by atoms with E-state index in [9.17, 15) is 5.11 Å². The molecule has 0 unspecified atom stereocenters. The van der Waals surface area contributed by atoms with E-state index in [1.807, 2.05) is 5.38 Å². The van der Waals surface area contributed by atoms with Crippen molar-refractivity contribution in [1.82, 2.24) is 4.98 Å². The predicted molar refractivity (Wildman–Crippen MR) is 91.6 cm³/mol. The van der Waals surface area contributed by atoms with E-state index in [2.05, 4.69) is 46.7 Å². The minimum atomic E-state index is 0.243. The lowest BCUT2D eigenvalue weighted by Gasteiger charge is -1.97. The number of phenols is 1. The Kier molecular flexibility index (Phi) is 4.16. The van der Waals surface area contributed by atoms with Crippen LogP contribution in [-0.2, 0) is 0 Å². The molecule has 0 saturated carbocycles. The normalized spacial score (nSPS) is 11.0. The molecule has 3 aromatic rings. The van der Waals surface area contributed by atoms with Crippen LogP contribution in [0.4, 0.5) is 5.13 Å². The van der Waals surface area contributed by atoms with Crippen molar-refractivity contribution in [3.05, 3.63) is 65.0 Å². The highest BCUT2D eigenvalue weighted by molar-refractivity contribution is 7.14. The van der Waals surface area contributed by atoms with Crippen LogP contribution in [0.5, 0.6) is 5.75 Å². The van der Waals surface area contributed by atoms with Crippen LogP contribution < -0.4 is 5.43 Å². The largest absolute Gasteiger partial charge is 0.508 e. The Morgan fingerprint density at radius 3 is 2.55 bits per heavy atom. The van der Waals surface area contributed by atoms with E-state index in [1.165, 1.54) is 16.9 Å². The quantitative estimate of drug-likeness (QED) is 0.559. The third-order valence-corrected chi connectivity index (χ3v) is 3.87. The number of anilines is 1. The zero-order chi connectivity index (χ0) is 15.4. The van der Waals surface area contributed by atoms with Gasteiger partial charge in [0.05, 0.1) is 11.9 Å². The molecule has 2 aromatic carbocycles. The zero-order valence-corrected chi connectivity index (χ0v) is 12.8. The van der Waals surface area contributed by atoms with Gasteiger partial charge in [0.2, 0.25) is 5.13 Å². The summed E-state index contributed by atoms with van der Waals surface area (Å²) in [5.41, 5.74) is 7.09. The van der Waals surface area contributed by atoms with E-state index in [1.54, 1.807) is 30.5 Å². The molecule has 0 atom stereocenters. The smallest absolute Gasteiger partial charge is 0.203 e. The molecule has 0 radical (unpaired) electrons. The van der Waals surface area contributed by atoms with Crippen LogP contribution in [0.3, 0.4) is 0 Å². The molecule has 0 fully saturated rings. The summed E-state index contributed by atoms with van der Waals surface area (Å²) in [6, 6.07) is 15.1. The average molecular weight is 309 g/mol. The molecular weight excluding hydrogens is 294 g/mol. The molecule has 3 rings (SSSR count). The number of hydrogen-bond donors (Lipinski definition) is 2. The van der Waals surface area contributed by atoms with Gasteiger partial charge < -0.3 is 5.11 Å². The van der Waals surface area contributed by atoms with Gasteiger partial charge in [-0.25, -0.2) is 4.98 Å². The fraction of sp³-hybridized carbons (Fsp3) is 0.0588. The molecule has 2 N–H and O–H groups in total. The molecule has 4 nitrogen and oxygen atoms in total. The first kappa shape index (κ1) is 14.3. The summed E-state index contributed by atoms with van der Waals surface area (Å²) < 4.78 is 0. The van der Waals surface area contributed by atoms with Crippen molar-refractivity contribution < 1.29 is 5.11 Å². The fourth-order valence-electron chi connectivity index (χ4n) is 1.90. The molecule has 1 heterocycles. The molecule has 22 heavy (non-hydrogen) atoms. The van der Waals surface area contributed by atoms with Crippen molar-refractivity contribution >= 4 is 22.7 Å². The molecule has 0 saturated heterocycles. The Morgan fingerprint density at radius 2 is 1.82 bits per heavy atom. The summed E-state index contributed by atoms with van der Waals surface area (Å²) in [6.45, 7) is 2.07. The van der Waals surface area contributed by atoms with Gasteiger partial charge in [-0.1, -0.05) is 29.8 Å². The summed E-state index contributed by atoms with van der Waals surface area (Å²) >= 11 is 1.51. The van der Waals surface area contributed by atoms with Gasteiger partial charge in [0.15, 0.2) is 0 Å².